The van der Waals surface area contributed by atoms with Crippen LogP contribution in [0.25, 0.3) is 111 Å². The average molecular weight is 739 g/mol. The molecule has 4 nitrogen and oxygen atoms in total. The van der Waals surface area contributed by atoms with Crippen LogP contribution in [0.4, 0.5) is 0 Å². The maximum absolute atomic E-state index is 5.20. The van der Waals surface area contributed by atoms with Gasteiger partial charge in [0.15, 0.2) is 17.5 Å². The second kappa shape index (κ2) is 14.0. The normalized spacial score (nSPS) is 11.4. The first kappa shape index (κ1) is 33.5. The summed E-state index contributed by atoms with van der Waals surface area (Å²) in [5, 5.41) is 8.13. The molecule has 2 heterocycles. The third-order valence-corrected chi connectivity index (χ3v) is 11.1. The largest absolute Gasteiger partial charge is 0.248 e. The third-order valence-electron chi connectivity index (χ3n) is 11.1. The molecule has 0 saturated heterocycles. The van der Waals surface area contributed by atoms with Gasteiger partial charge in [-0.15, -0.1) is 0 Å². The van der Waals surface area contributed by atoms with Crippen LogP contribution < -0.4 is 0 Å². The molecule has 11 aromatic rings. The van der Waals surface area contributed by atoms with Gasteiger partial charge < -0.3 is 0 Å². The van der Waals surface area contributed by atoms with Crippen molar-refractivity contribution in [2.75, 3.05) is 0 Å². The zero-order chi connectivity index (χ0) is 38.4. The number of benzene rings is 9. The van der Waals surface area contributed by atoms with Gasteiger partial charge in [-0.05, 0) is 84.9 Å². The lowest BCUT2D eigenvalue weighted by Crippen LogP contribution is -2.00. The van der Waals surface area contributed by atoms with E-state index in [9.17, 15) is 0 Å². The van der Waals surface area contributed by atoms with Crippen molar-refractivity contribution >= 4 is 43.2 Å². The van der Waals surface area contributed by atoms with Crippen LogP contribution in [0.3, 0.4) is 0 Å². The number of aromatic nitrogens is 4. The standard InChI is InChI=1S/C54H34N4/c1-3-13-38(14-4-1)48-34-50(40-15-5-2-6-16-40)55-49-30-29-39-23-26-44(33-47(39)51(48)49)37-19-24-41(25-20-37)52-56-53(45-27-21-35-11-7-9-17-42(35)31-45)58-54(57-52)46-28-22-36-12-8-10-18-43(36)32-46/h1-34H. The van der Waals surface area contributed by atoms with E-state index in [0.717, 1.165) is 66.3 Å². The molecule has 4 heteroatoms. The molecule has 0 fully saturated rings. The smallest absolute Gasteiger partial charge is 0.164 e. The molecule has 0 aliphatic carbocycles. The maximum Gasteiger partial charge on any atom is 0.164 e. The van der Waals surface area contributed by atoms with Gasteiger partial charge in [0.1, 0.15) is 0 Å². The Morgan fingerprint density at radius 3 is 1.34 bits per heavy atom. The number of nitrogens with zero attached hydrogens (tertiary/aromatic N) is 4. The van der Waals surface area contributed by atoms with E-state index in [1.807, 2.05) is 6.07 Å². The highest BCUT2D eigenvalue weighted by Gasteiger charge is 2.16. The van der Waals surface area contributed by atoms with E-state index in [0.29, 0.717) is 17.5 Å². The Labute approximate surface area is 335 Å². The first-order valence-corrected chi connectivity index (χ1v) is 19.5. The molecule has 0 spiro atoms. The molecule has 0 saturated carbocycles. The van der Waals surface area contributed by atoms with E-state index in [4.69, 9.17) is 19.9 Å². The second-order valence-electron chi connectivity index (χ2n) is 14.7. The van der Waals surface area contributed by atoms with Crippen LogP contribution in [-0.4, -0.2) is 19.9 Å². The summed E-state index contributed by atoms with van der Waals surface area (Å²) in [7, 11) is 0. The molecular weight excluding hydrogens is 705 g/mol. The number of rotatable bonds is 6. The van der Waals surface area contributed by atoms with Crippen LogP contribution >= 0.6 is 0 Å². The summed E-state index contributed by atoms with van der Waals surface area (Å²) in [6, 6.07) is 72.4. The van der Waals surface area contributed by atoms with Crippen LogP contribution in [-0.2, 0) is 0 Å². The first-order chi connectivity index (χ1) is 28.7. The van der Waals surface area contributed by atoms with Crippen molar-refractivity contribution < 1.29 is 0 Å². The SMILES string of the molecule is c1ccc(-c2cc(-c3ccccc3)c3c(ccc4ccc(-c5ccc(-c6nc(-c7ccc8ccccc8c7)nc(-c7ccc8ccccc8c7)n6)cc5)cc43)n2)cc1. The van der Waals surface area contributed by atoms with E-state index in [-0.39, 0.29) is 0 Å². The van der Waals surface area contributed by atoms with E-state index in [2.05, 4.69) is 200 Å². The van der Waals surface area contributed by atoms with E-state index in [1.54, 1.807) is 0 Å². The van der Waals surface area contributed by atoms with Gasteiger partial charge in [-0.2, -0.15) is 0 Å². The molecule has 9 aromatic carbocycles. The van der Waals surface area contributed by atoms with Crippen LogP contribution in [0.1, 0.15) is 0 Å². The highest BCUT2D eigenvalue weighted by Crippen LogP contribution is 2.38. The van der Waals surface area contributed by atoms with Crippen LogP contribution in [0.5, 0.6) is 0 Å². The summed E-state index contributed by atoms with van der Waals surface area (Å²) < 4.78 is 0. The zero-order valence-electron chi connectivity index (χ0n) is 31.4. The van der Waals surface area contributed by atoms with Gasteiger partial charge in [0.25, 0.3) is 0 Å². The first-order valence-electron chi connectivity index (χ1n) is 19.5. The number of pyridine rings is 1. The highest BCUT2D eigenvalue weighted by atomic mass is 15.0. The zero-order valence-corrected chi connectivity index (χ0v) is 31.4. The lowest BCUT2D eigenvalue weighted by molar-refractivity contribution is 1.08. The van der Waals surface area contributed by atoms with Gasteiger partial charge in [-0.1, -0.05) is 176 Å². The Morgan fingerprint density at radius 2 is 0.724 bits per heavy atom. The molecule has 2 aromatic heterocycles. The predicted molar refractivity (Wildman–Crippen MR) is 240 cm³/mol. The molecule has 0 bridgehead atoms. The Balaban J connectivity index is 1.02. The topological polar surface area (TPSA) is 51.6 Å². The molecule has 270 valence electrons. The van der Waals surface area contributed by atoms with Crippen LogP contribution in [0, 0.1) is 0 Å². The fraction of sp³-hybridized carbons (Fsp3) is 0. The predicted octanol–water partition coefficient (Wildman–Crippen LogP) is 13.9. The van der Waals surface area contributed by atoms with Gasteiger partial charge in [0.05, 0.1) is 11.2 Å². The van der Waals surface area contributed by atoms with Crippen LogP contribution in [0.2, 0.25) is 0 Å². The minimum Gasteiger partial charge on any atom is -0.248 e. The van der Waals surface area contributed by atoms with Crippen molar-refractivity contribution in [2.45, 2.75) is 0 Å². The average Bonchev–Trinajstić information content (AvgIpc) is 3.31. The van der Waals surface area contributed by atoms with Gasteiger partial charge in [0.2, 0.25) is 0 Å². The molecule has 0 atom stereocenters. The van der Waals surface area contributed by atoms with Crippen molar-refractivity contribution in [3.05, 3.63) is 206 Å². The third kappa shape index (κ3) is 6.14. The molecule has 0 aliphatic heterocycles. The van der Waals surface area contributed by atoms with Gasteiger partial charge in [-0.25, -0.2) is 19.9 Å². The summed E-state index contributed by atoms with van der Waals surface area (Å²) in [5.74, 6) is 1.91. The van der Waals surface area contributed by atoms with E-state index in [1.165, 1.54) is 27.1 Å². The van der Waals surface area contributed by atoms with Crippen molar-refractivity contribution in [2.24, 2.45) is 0 Å². The number of hydrogen-bond donors (Lipinski definition) is 0. The lowest BCUT2D eigenvalue weighted by atomic mass is 9.92. The summed E-state index contributed by atoms with van der Waals surface area (Å²) in [4.78, 5) is 20.4. The molecule has 58 heavy (non-hydrogen) atoms. The summed E-state index contributed by atoms with van der Waals surface area (Å²) in [6.07, 6.45) is 0. The quantitative estimate of drug-likeness (QED) is 0.159. The van der Waals surface area contributed by atoms with Crippen molar-refractivity contribution in [1.82, 2.24) is 19.9 Å². The second-order valence-corrected chi connectivity index (χ2v) is 14.7. The minimum absolute atomic E-state index is 0.630. The molecule has 0 radical (unpaired) electrons. The van der Waals surface area contributed by atoms with Gasteiger partial charge >= 0.3 is 0 Å². The molecule has 0 amide bonds. The Bertz CT molecular complexity index is 3220. The van der Waals surface area contributed by atoms with Crippen molar-refractivity contribution in [3.8, 4) is 67.7 Å². The maximum atomic E-state index is 5.20. The summed E-state index contributed by atoms with van der Waals surface area (Å²) in [6.45, 7) is 0. The minimum atomic E-state index is 0.630. The van der Waals surface area contributed by atoms with E-state index >= 15 is 0 Å². The lowest BCUT2D eigenvalue weighted by Gasteiger charge is -2.14. The van der Waals surface area contributed by atoms with E-state index < -0.39 is 0 Å². The highest BCUT2D eigenvalue weighted by molar-refractivity contribution is 6.14. The molecule has 0 unspecified atom stereocenters. The summed E-state index contributed by atoms with van der Waals surface area (Å²) >= 11 is 0. The molecule has 0 N–H and O–H groups in total. The Morgan fingerprint density at radius 1 is 0.259 bits per heavy atom. The molecule has 11 rings (SSSR count). The van der Waals surface area contributed by atoms with Crippen molar-refractivity contribution in [3.63, 3.8) is 0 Å². The van der Waals surface area contributed by atoms with Gasteiger partial charge in [-0.3, -0.25) is 0 Å². The summed E-state index contributed by atoms with van der Waals surface area (Å²) in [5.41, 5.74) is 10.4. The molecule has 0 aliphatic rings. The van der Waals surface area contributed by atoms with Crippen LogP contribution in [0.15, 0.2) is 206 Å². The van der Waals surface area contributed by atoms with Gasteiger partial charge in [0, 0.05) is 27.6 Å². The monoisotopic (exact) mass is 738 g/mol. The fourth-order valence-electron chi connectivity index (χ4n) is 8.07. The number of fused-ring (bicyclic) bond motifs is 5. The Kier molecular flexibility index (Phi) is 8.11. The fourth-order valence-corrected chi connectivity index (χ4v) is 8.07. The Hall–Kier alpha value is -7.82. The van der Waals surface area contributed by atoms with Crippen molar-refractivity contribution in [1.29, 1.82) is 0 Å². The number of hydrogen-bond acceptors (Lipinski definition) is 4. The molecular formula is C54H34N4.